The van der Waals surface area contributed by atoms with Crippen LogP contribution in [0, 0.1) is 17.1 Å². The molecule has 260 valence electrons. The maximum absolute atomic E-state index is 14.7. The van der Waals surface area contributed by atoms with Gasteiger partial charge in [-0.25, -0.2) is 18.4 Å². The van der Waals surface area contributed by atoms with Crippen molar-refractivity contribution in [3.63, 3.8) is 0 Å². The number of carbonyl (C=O) groups is 4. The first-order valence-electron chi connectivity index (χ1n) is 14.9. The van der Waals surface area contributed by atoms with Crippen molar-refractivity contribution in [3.8, 4) is 0 Å². The van der Waals surface area contributed by atoms with Gasteiger partial charge in [0, 0.05) is 34.8 Å². The molecule has 0 spiro atoms. The molecular formula is C30H29FN10O7S2. The monoisotopic (exact) mass is 724 g/mol. The van der Waals surface area contributed by atoms with E-state index in [9.17, 15) is 33.8 Å². The van der Waals surface area contributed by atoms with E-state index in [0.717, 1.165) is 16.4 Å². The van der Waals surface area contributed by atoms with E-state index in [1.165, 1.54) is 31.7 Å². The number of hydrogen-bond acceptors (Lipinski definition) is 13. The molecule has 1 saturated heterocycles. The second kappa shape index (κ2) is 13.0. The van der Waals surface area contributed by atoms with Crippen LogP contribution in [0.1, 0.15) is 37.2 Å². The zero-order valence-electron chi connectivity index (χ0n) is 26.4. The summed E-state index contributed by atoms with van der Waals surface area (Å²) in [7, 11) is 0. The number of halogens is 1. The highest BCUT2D eigenvalue weighted by atomic mass is 32.2. The fourth-order valence-corrected chi connectivity index (χ4v) is 7.34. The average Bonchev–Trinajstić information content (AvgIpc) is 3.78. The number of nitrogen functional groups attached to an aromatic ring is 2. The van der Waals surface area contributed by atoms with Crippen LogP contribution in [0.5, 0.6) is 0 Å². The summed E-state index contributed by atoms with van der Waals surface area (Å²) in [5, 5.41) is 32.4. The number of Topliss-reactive ketones (excluding diaryl/α,β-unsaturated/α-hetero) is 1. The number of ketones is 1. The fourth-order valence-electron chi connectivity index (χ4n) is 5.50. The second-order valence-corrected chi connectivity index (χ2v) is 13.8. The zero-order valence-corrected chi connectivity index (χ0v) is 28.0. The van der Waals surface area contributed by atoms with Gasteiger partial charge in [-0.3, -0.25) is 19.9 Å². The molecule has 0 saturated carbocycles. The van der Waals surface area contributed by atoms with E-state index in [4.69, 9.17) is 21.7 Å². The van der Waals surface area contributed by atoms with Crippen LogP contribution in [0.2, 0.25) is 0 Å². The van der Waals surface area contributed by atoms with Crippen LogP contribution >= 0.6 is 23.3 Å². The van der Waals surface area contributed by atoms with Gasteiger partial charge in [-0.15, -0.1) is 16.3 Å². The molecule has 2 aliphatic heterocycles. The van der Waals surface area contributed by atoms with Gasteiger partial charge in [-0.05, 0) is 25.5 Å². The summed E-state index contributed by atoms with van der Waals surface area (Å²) in [6, 6.07) is 6.11. The lowest BCUT2D eigenvalue weighted by Gasteiger charge is -2.50. The number of aromatic nitrogens is 5. The van der Waals surface area contributed by atoms with Gasteiger partial charge in [0.05, 0.1) is 41.8 Å². The Morgan fingerprint density at radius 2 is 2.04 bits per heavy atom. The predicted molar refractivity (Wildman–Crippen MR) is 174 cm³/mol. The van der Waals surface area contributed by atoms with E-state index < -0.39 is 58.5 Å². The van der Waals surface area contributed by atoms with Crippen LogP contribution in [0.4, 0.5) is 9.52 Å². The largest absolute Gasteiger partial charge is 0.543 e. The molecule has 2 atom stereocenters. The Morgan fingerprint density at radius 3 is 2.68 bits per heavy atom. The minimum atomic E-state index is -1.80. The van der Waals surface area contributed by atoms with Gasteiger partial charge < -0.3 is 31.3 Å². The summed E-state index contributed by atoms with van der Waals surface area (Å²) in [5.41, 5.74) is 10.4. The predicted octanol–water partition coefficient (Wildman–Crippen LogP) is -0.288. The van der Waals surface area contributed by atoms with Crippen LogP contribution in [-0.2, 0) is 37.1 Å². The Balaban J connectivity index is 1.20. The molecule has 17 nitrogen and oxygen atoms in total. The molecule has 0 aliphatic carbocycles. The quantitative estimate of drug-likeness (QED) is 0.0457. The number of anilines is 1. The summed E-state index contributed by atoms with van der Waals surface area (Å²) >= 11 is 2.06. The molecule has 1 aromatic carbocycles. The van der Waals surface area contributed by atoms with Gasteiger partial charge in [0.1, 0.15) is 24.4 Å². The third-order valence-corrected chi connectivity index (χ3v) is 10.1. The number of β-lactam (4-membered cyclic amide) rings is 1. The van der Waals surface area contributed by atoms with Gasteiger partial charge in [-0.2, -0.15) is 9.36 Å². The highest BCUT2D eigenvalue weighted by molar-refractivity contribution is 8.00. The highest BCUT2D eigenvalue weighted by Gasteiger charge is 2.53. The van der Waals surface area contributed by atoms with Crippen molar-refractivity contribution in [1.82, 2.24) is 23.5 Å². The van der Waals surface area contributed by atoms with Gasteiger partial charge in [0.25, 0.3) is 0 Å². The Hall–Kier alpha value is -5.63. The SMILES string of the molecule is CC(C)(O/N=C(\C(=O)C[C@@H]1C(=O)N2C(C(=O)[O-])=C(Cn3ccc4n3cc[n+]4Cc3ccc(C(=N)N)cc3F)CS[C@H]12)c1nsc(N)n1)C(=O)O. The standard InChI is InChI=1S/C30H29FN10O7S2/c1-30(2,28(46)47)48-36-21(24-35-29(34)50-37-24)19(42)10-17-25(43)41-22(27(44)45)16(13-49-26(17)41)12-39-6-5-20-38(7-8-40(20)39)11-15-4-3-14(23(32)33)9-18(15)31/h3-9,17,26H,10-13H2,1-2H3,(H6-,32,33,34,35,37,44,45,46,47)/b36-21+/t17-,26-/m1/s1. The molecule has 4 aromatic rings. The summed E-state index contributed by atoms with van der Waals surface area (Å²) in [4.78, 5) is 60.9. The Morgan fingerprint density at radius 1 is 1.28 bits per heavy atom. The molecule has 2 aliphatic rings. The van der Waals surface area contributed by atoms with E-state index >= 15 is 0 Å². The van der Waals surface area contributed by atoms with E-state index in [0.29, 0.717) is 16.8 Å². The minimum absolute atomic E-state index is 0.0204. The maximum Gasteiger partial charge on any atom is 0.350 e. The third kappa shape index (κ3) is 6.29. The van der Waals surface area contributed by atoms with Gasteiger partial charge in [0.2, 0.25) is 17.3 Å². The normalized spacial score (nSPS) is 17.9. The number of carbonyl (C=O) groups excluding carboxylic acids is 3. The van der Waals surface area contributed by atoms with Crippen molar-refractivity contribution >= 4 is 69.2 Å². The molecule has 6 rings (SSSR count). The number of benzene rings is 1. The first kappa shape index (κ1) is 34.2. The van der Waals surface area contributed by atoms with Crippen LogP contribution in [0.25, 0.3) is 5.65 Å². The van der Waals surface area contributed by atoms with Crippen LogP contribution in [-0.4, -0.2) is 80.5 Å². The van der Waals surface area contributed by atoms with E-state index in [1.54, 1.807) is 50.6 Å². The molecule has 50 heavy (non-hydrogen) atoms. The molecule has 0 unspecified atom stereocenters. The Labute approximate surface area is 290 Å². The summed E-state index contributed by atoms with van der Waals surface area (Å²) < 4.78 is 24.0. The molecule has 1 amide bonds. The Kier molecular flexibility index (Phi) is 8.91. The number of imidazole rings is 1. The van der Waals surface area contributed by atoms with Crippen molar-refractivity contribution in [2.45, 2.75) is 44.3 Å². The molecule has 6 N–H and O–H groups in total. The third-order valence-electron chi connectivity index (χ3n) is 8.20. The summed E-state index contributed by atoms with van der Waals surface area (Å²) in [5.74, 6) is -5.90. The molecule has 0 radical (unpaired) electrons. The first-order chi connectivity index (χ1) is 23.7. The number of nitrogens with zero attached hydrogens (tertiary/aromatic N) is 7. The number of fused-ring (bicyclic) bond motifs is 2. The summed E-state index contributed by atoms with van der Waals surface area (Å²) in [6.45, 7) is 2.72. The number of rotatable bonds is 13. The molecule has 3 aromatic heterocycles. The highest BCUT2D eigenvalue weighted by Crippen LogP contribution is 2.45. The van der Waals surface area contributed by atoms with E-state index in [2.05, 4.69) is 14.5 Å². The number of amides is 1. The number of oxime groups is 1. The average molecular weight is 725 g/mol. The number of thioether (sulfide) groups is 1. The van der Waals surface area contributed by atoms with Gasteiger partial charge >= 0.3 is 11.6 Å². The zero-order chi connectivity index (χ0) is 36.1. The molecule has 5 heterocycles. The van der Waals surface area contributed by atoms with Crippen molar-refractivity contribution in [1.29, 1.82) is 5.41 Å². The smallest absolute Gasteiger partial charge is 0.350 e. The molecule has 1 fully saturated rings. The number of hydrogen-bond donors (Lipinski definition) is 4. The van der Waals surface area contributed by atoms with Gasteiger partial charge in [-0.1, -0.05) is 17.3 Å². The van der Waals surface area contributed by atoms with E-state index in [1.807, 2.05) is 0 Å². The number of nitrogens with one attached hydrogen (secondary N) is 1. The molecule has 20 heteroatoms. The second-order valence-electron chi connectivity index (χ2n) is 11.9. The number of aliphatic carboxylic acids is 2. The lowest BCUT2D eigenvalue weighted by atomic mass is 9.89. The van der Waals surface area contributed by atoms with Crippen molar-refractivity contribution < 1.29 is 43.2 Å². The Bertz CT molecular complexity index is 2150. The number of nitrogens with two attached hydrogens (primary N) is 2. The van der Waals surface area contributed by atoms with E-state index in [-0.39, 0.29) is 46.9 Å². The van der Waals surface area contributed by atoms with Crippen molar-refractivity contribution in [2.75, 3.05) is 11.5 Å². The first-order valence-corrected chi connectivity index (χ1v) is 16.7. The lowest BCUT2D eigenvalue weighted by Crippen LogP contribution is -2.63. The van der Waals surface area contributed by atoms with Crippen LogP contribution in [0.3, 0.4) is 0 Å². The summed E-state index contributed by atoms with van der Waals surface area (Å²) in [6.07, 6.45) is 4.80. The maximum atomic E-state index is 14.7. The molecular weight excluding hydrogens is 696 g/mol. The fraction of sp³-hybridized carbons (Fsp3) is 0.300. The van der Waals surface area contributed by atoms with Crippen LogP contribution < -0.4 is 21.1 Å². The lowest BCUT2D eigenvalue weighted by molar-refractivity contribution is -0.662. The minimum Gasteiger partial charge on any atom is -0.543 e. The van der Waals surface area contributed by atoms with Crippen molar-refractivity contribution in [3.05, 3.63) is 76.9 Å². The topological polar surface area (TPSA) is 251 Å². The van der Waals surface area contributed by atoms with Gasteiger partial charge in [0.15, 0.2) is 22.8 Å². The van der Waals surface area contributed by atoms with Crippen molar-refractivity contribution in [2.24, 2.45) is 16.8 Å². The number of carboxylic acids is 2. The molecule has 0 bridgehead atoms. The number of amidine groups is 1. The van der Waals surface area contributed by atoms with Crippen LogP contribution in [0.15, 0.2) is 59.3 Å². The number of carboxylic acid groups (broad SMARTS) is 2.